The number of thioether (sulfide) groups is 1. The molecule has 0 saturated heterocycles. The second-order valence-corrected chi connectivity index (χ2v) is 5.28. The van der Waals surface area contributed by atoms with E-state index in [1.807, 2.05) is 6.07 Å². The predicted molar refractivity (Wildman–Crippen MR) is 56.2 cm³/mol. The second-order valence-electron chi connectivity index (χ2n) is 2.59. The van der Waals surface area contributed by atoms with Crippen LogP contribution in [0.25, 0.3) is 0 Å². The standard InChI is InChI=1S/C8H12N2S2/c1-6(5-7(9)10)12-8-3-2-4-11-8/h2-4,6H,5H2,1H3,(H3,9,10). The molecule has 0 aliphatic rings. The van der Waals surface area contributed by atoms with E-state index in [0.29, 0.717) is 11.7 Å². The second kappa shape index (κ2) is 4.52. The minimum Gasteiger partial charge on any atom is -0.388 e. The fourth-order valence-electron chi connectivity index (χ4n) is 0.880. The van der Waals surface area contributed by atoms with E-state index in [0.717, 1.165) is 0 Å². The highest BCUT2D eigenvalue weighted by molar-refractivity contribution is 8.01. The average molecular weight is 200 g/mol. The highest BCUT2D eigenvalue weighted by atomic mass is 32.2. The van der Waals surface area contributed by atoms with Gasteiger partial charge in [0, 0.05) is 11.7 Å². The van der Waals surface area contributed by atoms with Crippen molar-refractivity contribution < 1.29 is 0 Å². The molecule has 0 spiro atoms. The fraction of sp³-hybridized carbons (Fsp3) is 0.375. The third kappa shape index (κ3) is 3.28. The predicted octanol–water partition coefficient (Wildman–Crippen LogP) is 2.55. The van der Waals surface area contributed by atoms with Crippen LogP contribution in [0, 0.1) is 5.41 Å². The molecule has 0 saturated carbocycles. The molecular formula is C8H12N2S2. The number of hydrogen-bond donors (Lipinski definition) is 2. The summed E-state index contributed by atoms with van der Waals surface area (Å²) in [5.74, 6) is 0.270. The lowest BCUT2D eigenvalue weighted by Crippen LogP contribution is -2.14. The normalized spacial score (nSPS) is 12.8. The van der Waals surface area contributed by atoms with Crippen LogP contribution in [0.5, 0.6) is 0 Å². The Kier molecular flexibility index (Phi) is 3.62. The van der Waals surface area contributed by atoms with Gasteiger partial charge in [0.25, 0.3) is 0 Å². The van der Waals surface area contributed by atoms with Gasteiger partial charge in [0.1, 0.15) is 0 Å². The summed E-state index contributed by atoms with van der Waals surface area (Å²) < 4.78 is 1.30. The van der Waals surface area contributed by atoms with E-state index in [2.05, 4.69) is 18.4 Å². The molecule has 0 fully saturated rings. The topological polar surface area (TPSA) is 49.9 Å². The van der Waals surface area contributed by atoms with Gasteiger partial charge in [-0.25, -0.2) is 0 Å². The molecule has 0 aliphatic carbocycles. The molecule has 1 aromatic rings. The Morgan fingerprint density at radius 2 is 2.58 bits per heavy atom. The van der Waals surface area contributed by atoms with E-state index >= 15 is 0 Å². The molecule has 2 nitrogen and oxygen atoms in total. The van der Waals surface area contributed by atoms with Crippen LogP contribution in [-0.2, 0) is 0 Å². The molecular weight excluding hydrogens is 188 g/mol. The Balaban J connectivity index is 2.36. The minimum absolute atomic E-state index is 0.270. The highest BCUT2D eigenvalue weighted by Crippen LogP contribution is 2.28. The van der Waals surface area contributed by atoms with Crippen molar-refractivity contribution in [3.8, 4) is 0 Å². The average Bonchev–Trinajstić information content (AvgIpc) is 2.37. The summed E-state index contributed by atoms with van der Waals surface area (Å²) >= 11 is 3.51. The van der Waals surface area contributed by atoms with Crippen molar-refractivity contribution >= 4 is 28.9 Å². The Morgan fingerprint density at radius 3 is 3.08 bits per heavy atom. The highest BCUT2D eigenvalue weighted by Gasteiger charge is 2.05. The number of thiophene rings is 1. The summed E-state index contributed by atoms with van der Waals surface area (Å²) in [6, 6.07) is 4.12. The van der Waals surface area contributed by atoms with Gasteiger partial charge in [0.05, 0.1) is 10.0 Å². The molecule has 66 valence electrons. The molecule has 4 heteroatoms. The van der Waals surface area contributed by atoms with Crippen LogP contribution in [0.1, 0.15) is 13.3 Å². The van der Waals surface area contributed by atoms with Crippen molar-refractivity contribution in [2.45, 2.75) is 22.8 Å². The lowest BCUT2D eigenvalue weighted by molar-refractivity contribution is 0.998. The molecule has 0 bridgehead atoms. The zero-order chi connectivity index (χ0) is 8.97. The number of nitrogens with two attached hydrogens (primary N) is 1. The van der Waals surface area contributed by atoms with Gasteiger partial charge < -0.3 is 5.73 Å². The van der Waals surface area contributed by atoms with Crippen molar-refractivity contribution in [3.05, 3.63) is 17.5 Å². The smallest absolute Gasteiger partial charge is 0.0916 e. The Bertz CT molecular complexity index is 244. The third-order valence-corrected chi connectivity index (χ3v) is 3.50. The van der Waals surface area contributed by atoms with Crippen LogP contribution in [-0.4, -0.2) is 11.1 Å². The SMILES string of the molecule is CC(CC(=N)N)Sc1cccs1. The summed E-state index contributed by atoms with van der Waals surface area (Å²) in [6.07, 6.45) is 0.669. The summed E-state index contributed by atoms with van der Waals surface area (Å²) in [6.45, 7) is 2.09. The first-order chi connectivity index (χ1) is 5.68. The molecule has 0 amide bonds. The monoisotopic (exact) mass is 200 g/mol. The molecule has 1 unspecified atom stereocenters. The van der Waals surface area contributed by atoms with Gasteiger partial charge >= 0.3 is 0 Å². The van der Waals surface area contributed by atoms with Gasteiger partial charge in [-0.15, -0.1) is 23.1 Å². The maximum atomic E-state index is 7.12. The quantitative estimate of drug-likeness (QED) is 0.446. The molecule has 1 aromatic heterocycles. The first-order valence-electron chi connectivity index (χ1n) is 3.71. The van der Waals surface area contributed by atoms with Crippen molar-refractivity contribution in [1.82, 2.24) is 0 Å². The van der Waals surface area contributed by atoms with Gasteiger partial charge in [-0.2, -0.15) is 0 Å². The maximum Gasteiger partial charge on any atom is 0.0916 e. The first kappa shape index (κ1) is 9.61. The third-order valence-electron chi connectivity index (χ3n) is 1.32. The van der Waals surface area contributed by atoms with Crippen LogP contribution in [0.4, 0.5) is 0 Å². The van der Waals surface area contributed by atoms with Crippen LogP contribution in [0.15, 0.2) is 21.7 Å². The van der Waals surface area contributed by atoms with E-state index in [1.54, 1.807) is 23.1 Å². The van der Waals surface area contributed by atoms with E-state index in [9.17, 15) is 0 Å². The van der Waals surface area contributed by atoms with Crippen molar-refractivity contribution in [2.24, 2.45) is 5.73 Å². The molecule has 12 heavy (non-hydrogen) atoms. The van der Waals surface area contributed by atoms with Crippen molar-refractivity contribution in [2.75, 3.05) is 0 Å². The van der Waals surface area contributed by atoms with E-state index in [-0.39, 0.29) is 5.84 Å². The maximum absolute atomic E-state index is 7.12. The lowest BCUT2D eigenvalue weighted by Gasteiger charge is -2.07. The summed E-state index contributed by atoms with van der Waals surface area (Å²) in [7, 11) is 0. The van der Waals surface area contributed by atoms with Gasteiger partial charge in [0.15, 0.2) is 0 Å². The summed E-state index contributed by atoms with van der Waals surface area (Å²) in [5, 5.41) is 9.58. The molecule has 0 aromatic carbocycles. The Morgan fingerprint density at radius 1 is 1.83 bits per heavy atom. The number of amidine groups is 1. The van der Waals surface area contributed by atoms with Crippen LogP contribution in [0.3, 0.4) is 0 Å². The fourth-order valence-corrected chi connectivity index (χ4v) is 3.03. The summed E-state index contributed by atoms with van der Waals surface area (Å²) in [4.78, 5) is 0. The minimum atomic E-state index is 0.270. The van der Waals surface area contributed by atoms with Gasteiger partial charge in [-0.1, -0.05) is 13.0 Å². The summed E-state index contributed by atoms with van der Waals surface area (Å²) in [5.41, 5.74) is 5.30. The Hall–Kier alpha value is -0.480. The molecule has 1 rings (SSSR count). The van der Waals surface area contributed by atoms with Crippen molar-refractivity contribution in [1.29, 1.82) is 5.41 Å². The van der Waals surface area contributed by atoms with E-state index in [4.69, 9.17) is 11.1 Å². The zero-order valence-electron chi connectivity index (χ0n) is 6.91. The number of hydrogen-bond acceptors (Lipinski definition) is 3. The number of nitrogens with one attached hydrogen (secondary N) is 1. The van der Waals surface area contributed by atoms with E-state index in [1.165, 1.54) is 4.21 Å². The van der Waals surface area contributed by atoms with Crippen LogP contribution < -0.4 is 5.73 Å². The molecule has 1 heterocycles. The van der Waals surface area contributed by atoms with Crippen LogP contribution in [0.2, 0.25) is 0 Å². The van der Waals surface area contributed by atoms with Gasteiger partial charge in [0.2, 0.25) is 0 Å². The lowest BCUT2D eigenvalue weighted by atomic mass is 10.3. The number of rotatable bonds is 4. The molecule has 1 atom stereocenters. The Labute approximate surface area is 80.7 Å². The van der Waals surface area contributed by atoms with E-state index < -0.39 is 0 Å². The largest absolute Gasteiger partial charge is 0.388 e. The first-order valence-corrected chi connectivity index (χ1v) is 5.47. The molecule has 0 aliphatic heterocycles. The van der Waals surface area contributed by atoms with Crippen LogP contribution >= 0.6 is 23.1 Å². The van der Waals surface area contributed by atoms with Gasteiger partial charge in [-0.3, -0.25) is 5.41 Å². The zero-order valence-corrected chi connectivity index (χ0v) is 8.54. The molecule has 0 radical (unpaired) electrons. The molecule has 3 N–H and O–H groups in total. The van der Waals surface area contributed by atoms with Crippen molar-refractivity contribution in [3.63, 3.8) is 0 Å². The van der Waals surface area contributed by atoms with Gasteiger partial charge in [-0.05, 0) is 11.4 Å².